The molecule has 4 nitrogen and oxygen atoms in total. The van der Waals surface area contributed by atoms with E-state index in [1.165, 1.54) is 0 Å². The van der Waals surface area contributed by atoms with E-state index in [0.717, 1.165) is 16.2 Å². The van der Waals surface area contributed by atoms with Gasteiger partial charge >= 0.3 is 0 Å². The summed E-state index contributed by atoms with van der Waals surface area (Å²) in [4.78, 5) is 1.99. The highest BCUT2D eigenvalue weighted by Gasteiger charge is 2.05. The molecule has 0 amide bonds. The van der Waals surface area contributed by atoms with Crippen LogP contribution in [-0.4, -0.2) is 41.4 Å². The molecular formula is C11H18N2O2. The van der Waals surface area contributed by atoms with Crippen molar-refractivity contribution in [3.05, 3.63) is 29.3 Å². The maximum atomic E-state index is 9.62. The molecule has 0 aliphatic carbocycles. The third kappa shape index (κ3) is 3.87. The maximum Gasteiger partial charge on any atom is 0.120 e. The lowest BCUT2D eigenvalue weighted by Crippen LogP contribution is -2.13. The Labute approximate surface area is 90.3 Å². The summed E-state index contributed by atoms with van der Waals surface area (Å²) in [5, 5.41) is 19.8. The first-order valence-electron chi connectivity index (χ1n) is 4.84. The maximum absolute atomic E-state index is 9.62. The highest BCUT2D eigenvalue weighted by atomic mass is 16.5. The van der Waals surface area contributed by atoms with Gasteiger partial charge < -0.3 is 15.2 Å². The van der Waals surface area contributed by atoms with Crippen molar-refractivity contribution in [3.63, 3.8) is 0 Å². The van der Waals surface area contributed by atoms with Gasteiger partial charge in [0.2, 0.25) is 0 Å². The van der Waals surface area contributed by atoms with Crippen molar-refractivity contribution in [2.24, 2.45) is 0 Å². The lowest BCUT2D eigenvalue weighted by atomic mass is 10.1. The molecular weight excluding hydrogens is 192 g/mol. The van der Waals surface area contributed by atoms with Crippen molar-refractivity contribution < 1.29 is 10.3 Å². The Morgan fingerprint density at radius 3 is 2.33 bits per heavy atom. The molecule has 0 radical (unpaired) electrons. The zero-order valence-electron chi connectivity index (χ0n) is 9.44. The van der Waals surface area contributed by atoms with Crippen molar-refractivity contribution >= 4 is 0 Å². The Kier molecular flexibility index (Phi) is 4.08. The summed E-state index contributed by atoms with van der Waals surface area (Å²) in [6.45, 7) is 1.15. The molecule has 0 aliphatic heterocycles. The minimum Gasteiger partial charge on any atom is -0.508 e. The monoisotopic (exact) mass is 210 g/mol. The Bertz CT molecular complexity index is 324. The fraction of sp³-hybridized carbons (Fsp3) is 0.455. The Morgan fingerprint density at radius 2 is 1.80 bits per heavy atom. The second-order valence-corrected chi connectivity index (χ2v) is 4.02. The molecule has 0 unspecified atom stereocenters. The van der Waals surface area contributed by atoms with Crippen LogP contribution in [-0.2, 0) is 13.1 Å². The lowest BCUT2D eigenvalue weighted by Gasteiger charge is -2.14. The molecule has 0 atom stereocenters. The molecule has 2 N–H and O–H groups in total. The number of hydrogen-bond acceptors (Lipinski definition) is 4. The number of benzene rings is 1. The molecule has 1 rings (SSSR count). The number of phenolic OH excluding ortho intramolecular Hbond substituents is 1. The Balaban J connectivity index is 2.85. The summed E-state index contributed by atoms with van der Waals surface area (Å²) >= 11 is 0. The van der Waals surface area contributed by atoms with E-state index in [9.17, 15) is 5.11 Å². The molecule has 0 saturated carbocycles. The first-order chi connectivity index (χ1) is 6.99. The van der Waals surface area contributed by atoms with Crippen LogP contribution in [0.1, 0.15) is 11.1 Å². The number of nitrogens with zero attached hydrogens (tertiary/aromatic N) is 2. The molecule has 0 bridgehead atoms. The van der Waals surface area contributed by atoms with Crippen molar-refractivity contribution in [3.8, 4) is 5.75 Å². The molecule has 1 aromatic rings. The van der Waals surface area contributed by atoms with Gasteiger partial charge in [0.25, 0.3) is 0 Å². The summed E-state index contributed by atoms with van der Waals surface area (Å²) in [7, 11) is 5.49. The summed E-state index contributed by atoms with van der Waals surface area (Å²) in [6, 6.07) is 5.38. The van der Waals surface area contributed by atoms with Crippen LogP contribution in [0.15, 0.2) is 18.2 Å². The number of hydroxylamine groups is 2. The molecule has 4 heteroatoms. The summed E-state index contributed by atoms with van der Waals surface area (Å²) < 4.78 is 0. The Morgan fingerprint density at radius 1 is 1.13 bits per heavy atom. The quantitative estimate of drug-likeness (QED) is 0.735. The molecule has 0 saturated heterocycles. The van der Waals surface area contributed by atoms with Crippen LogP contribution in [0, 0.1) is 0 Å². The molecule has 0 fully saturated rings. The van der Waals surface area contributed by atoms with E-state index in [4.69, 9.17) is 5.21 Å². The topological polar surface area (TPSA) is 46.9 Å². The average molecular weight is 210 g/mol. The SMILES string of the molecule is CN(C)Cc1cc(CN(C)O)ccc1O. The van der Waals surface area contributed by atoms with E-state index >= 15 is 0 Å². The second kappa shape index (κ2) is 5.11. The second-order valence-electron chi connectivity index (χ2n) is 4.02. The van der Waals surface area contributed by atoms with E-state index in [-0.39, 0.29) is 0 Å². The van der Waals surface area contributed by atoms with Gasteiger partial charge in [0.15, 0.2) is 0 Å². The zero-order valence-corrected chi connectivity index (χ0v) is 9.44. The largest absolute Gasteiger partial charge is 0.508 e. The van der Waals surface area contributed by atoms with E-state index in [2.05, 4.69) is 0 Å². The minimum absolute atomic E-state index is 0.299. The fourth-order valence-electron chi connectivity index (χ4n) is 1.47. The average Bonchev–Trinajstić information content (AvgIpc) is 2.09. The van der Waals surface area contributed by atoms with Gasteiger partial charge in [0.1, 0.15) is 5.75 Å². The summed E-state index contributed by atoms with van der Waals surface area (Å²) in [6.07, 6.45) is 0. The number of rotatable bonds is 4. The van der Waals surface area contributed by atoms with Gasteiger partial charge in [-0.3, -0.25) is 0 Å². The summed E-state index contributed by atoms with van der Waals surface area (Å²) in [5.41, 5.74) is 1.86. The van der Waals surface area contributed by atoms with Gasteiger partial charge in [-0.05, 0) is 31.8 Å². The molecule has 0 spiro atoms. The van der Waals surface area contributed by atoms with Crippen LogP contribution < -0.4 is 0 Å². The molecule has 0 aromatic heterocycles. The standard InChI is InChI=1S/C11H18N2O2/c1-12(2)8-10-6-9(7-13(3)15)4-5-11(10)14/h4-6,14-15H,7-8H2,1-3H3. The first kappa shape index (κ1) is 12.0. The fourth-order valence-corrected chi connectivity index (χ4v) is 1.47. The van der Waals surface area contributed by atoms with Gasteiger partial charge in [0, 0.05) is 25.7 Å². The highest BCUT2D eigenvalue weighted by molar-refractivity contribution is 5.36. The van der Waals surface area contributed by atoms with E-state index < -0.39 is 0 Å². The van der Waals surface area contributed by atoms with Crippen LogP contribution in [0.3, 0.4) is 0 Å². The third-order valence-corrected chi connectivity index (χ3v) is 2.04. The van der Waals surface area contributed by atoms with E-state index in [0.29, 0.717) is 18.8 Å². The van der Waals surface area contributed by atoms with Crippen molar-refractivity contribution in [1.29, 1.82) is 0 Å². The third-order valence-electron chi connectivity index (χ3n) is 2.04. The highest BCUT2D eigenvalue weighted by Crippen LogP contribution is 2.20. The lowest BCUT2D eigenvalue weighted by molar-refractivity contribution is -0.0731. The van der Waals surface area contributed by atoms with Gasteiger partial charge in [-0.25, -0.2) is 0 Å². The number of phenols is 1. The molecule has 84 valence electrons. The van der Waals surface area contributed by atoms with Crippen molar-refractivity contribution in [2.75, 3.05) is 21.1 Å². The summed E-state index contributed by atoms with van der Waals surface area (Å²) in [5.74, 6) is 0.299. The van der Waals surface area contributed by atoms with Gasteiger partial charge in [0.05, 0.1) is 0 Å². The molecule has 0 heterocycles. The molecule has 1 aromatic carbocycles. The van der Waals surface area contributed by atoms with Gasteiger partial charge in [-0.1, -0.05) is 6.07 Å². The number of aromatic hydroxyl groups is 1. The predicted octanol–water partition coefficient (Wildman–Crippen LogP) is 1.27. The first-order valence-corrected chi connectivity index (χ1v) is 4.84. The van der Waals surface area contributed by atoms with Crippen LogP contribution in [0.4, 0.5) is 0 Å². The zero-order chi connectivity index (χ0) is 11.4. The number of hydrogen-bond donors (Lipinski definition) is 2. The smallest absolute Gasteiger partial charge is 0.120 e. The van der Waals surface area contributed by atoms with Crippen LogP contribution in [0.2, 0.25) is 0 Å². The van der Waals surface area contributed by atoms with Crippen LogP contribution in [0.25, 0.3) is 0 Å². The van der Waals surface area contributed by atoms with E-state index in [1.807, 2.05) is 25.1 Å². The predicted molar refractivity (Wildman–Crippen MR) is 58.8 cm³/mol. The minimum atomic E-state index is 0.299. The van der Waals surface area contributed by atoms with Crippen molar-refractivity contribution in [2.45, 2.75) is 13.1 Å². The van der Waals surface area contributed by atoms with Gasteiger partial charge in [-0.15, -0.1) is 0 Å². The van der Waals surface area contributed by atoms with Crippen LogP contribution >= 0.6 is 0 Å². The van der Waals surface area contributed by atoms with Crippen molar-refractivity contribution in [1.82, 2.24) is 9.96 Å². The Hall–Kier alpha value is -1.10. The molecule has 15 heavy (non-hydrogen) atoms. The van der Waals surface area contributed by atoms with Crippen LogP contribution in [0.5, 0.6) is 5.75 Å². The molecule has 0 aliphatic rings. The van der Waals surface area contributed by atoms with E-state index in [1.54, 1.807) is 19.2 Å². The van der Waals surface area contributed by atoms with Gasteiger partial charge in [-0.2, -0.15) is 5.06 Å². The normalized spacial score (nSPS) is 11.3.